The lowest BCUT2D eigenvalue weighted by atomic mass is 9.96. The van der Waals surface area contributed by atoms with Crippen molar-refractivity contribution >= 4 is 41.5 Å². The highest BCUT2D eigenvalue weighted by Crippen LogP contribution is 2.12. The summed E-state index contributed by atoms with van der Waals surface area (Å²) < 4.78 is 0. The molecule has 0 saturated carbocycles. The molecule has 15 heteroatoms. The number of nitrogens with two attached hydrogens (primary N) is 2. The van der Waals surface area contributed by atoms with Crippen LogP contribution in [0, 0.1) is 17.8 Å². The maximum atomic E-state index is 13.3. The van der Waals surface area contributed by atoms with Crippen LogP contribution in [0.3, 0.4) is 0 Å². The zero-order valence-electron chi connectivity index (χ0n) is 24.6. The van der Waals surface area contributed by atoms with Crippen molar-refractivity contribution < 1.29 is 43.8 Å². The SMILES string of the molecule is CC[C@H](C)[C@H](NC(=O)[C@@H](N)CCC(=O)O)C(=O)N[C@@H](CC(C)C)C(=O)N[C@@H](CC(=O)O)C(=O)N[C@H](C(N)=O)C(C)C. The molecule has 0 aliphatic rings. The van der Waals surface area contributed by atoms with Crippen LogP contribution in [-0.4, -0.2) is 81.9 Å². The van der Waals surface area contributed by atoms with Crippen molar-refractivity contribution in [2.45, 2.75) is 104 Å². The summed E-state index contributed by atoms with van der Waals surface area (Å²) in [4.78, 5) is 85.9. The molecule has 15 nitrogen and oxygen atoms in total. The number of hydrogen-bond donors (Lipinski definition) is 8. The maximum Gasteiger partial charge on any atom is 0.305 e. The minimum Gasteiger partial charge on any atom is -0.481 e. The van der Waals surface area contributed by atoms with E-state index in [9.17, 15) is 38.7 Å². The van der Waals surface area contributed by atoms with Gasteiger partial charge < -0.3 is 42.9 Å². The van der Waals surface area contributed by atoms with E-state index in [-0.39, 0.29) is 25.2 Å². The van der Waals surface area contributed by atoms with E-state index in [1.165, 1.54) is 0 Å². The predicted molar refractivity (Wildman–Crippen MR) is 148 cm³/mol. The quantitative estimate of drug-likeness (QED) is 0.0898. The molecule has 0 aliphatic heterocycles. The molecule has 5 amide bonds. The lowest BCUT2D eigenvalue weighted by Crippen LogP contribution is -2.60. The van der Waals surface area contributed by atoms with Crippen LogP contribution in [0.25, 0.3) is 0 Å². The standard InChI is InChI=1S/C26H46N6O9/c1-7-14(6)21(32-23(38)15(27)8-9-18(33)34)26(41)30-16(10-12(2)3)24(39)29-17(11-19(35)36)25(40)31-20(13(4)5)22(28)37/h12-17,20-21H,7-11,27H2,1-6H3,(H2,28,37)(H,29,39)(H,30,41)(H,31,40)(H,32,38)(H,33,34)(H,35,36)/t14-,15-,16-,17-,20-,21-/m0/s1. The van der Waals surface area contributed by atoms with Gasteiger partial charge in [-0.2, -0.15) is 0 Å². The van der Waals surface area contributed by atoms with Crippen molar-refractivity contribution in [3.05, 3.63) is 0 Å². The second-order valence-electron chi connectivity index (χ2n) is 10.9. The van der Waals surface area contributed by atoms with E-state index in [0.717, 1.165) is 0 Å². The minimum atomic E-state index is -1.58. The molecule has 0 aromatic heterocycles. The molecule has 6 atom stereocenters. The van der Waals surface area contributed by atoms with Crippen molar-refractivity contribution in [1.82, 2.24) is 21.3 Å². The van der Waals surface area contributed by atoms with Crippen molar-refractivity contribution in [3.63, 3.8) is 0 Å². The fraction of sp³-hybridized carbons (Fsp3) is 0.731. The Balaban J connectivity index is 5.89. The summed E-state index contributed by atoms with van der Waals surface area (Å²) in [6.45, 7) is 10.3. The molecular weight excluding hydrogens is 540 g/mol. The zero-order chi connectivity index (χ0) is 32.0. The van der Waals surface area contributed by atoms with E-state index >= 15 is 0 Å². The number of hydrogen-bond acceptors (Lipinski definition) is 8. The third-order valence-corrected chi connectivity index (χ3v) is 6.42. The fourth-order valence-corrected chi connectivity index (χ4v) is 3.81. The van der Waals surface area contributed by atoms with E-state index in [0.29, 0.717) is 6.42 Å². The maximum absolute atomic E-state index is 13.3. The summed E-state index contributed by atoms with van der Waals surface area (Å²) in [5, 5.41) is 28.0. The molecule has 0 bridgehead atoms. The first-order chi connectivity index (χ1) is 18.9. The van der Waals surface area contributed by atoms with E-state index < -0.39 is 89.9 Å². The van der Waals surface area contributed by atoms with Crippen LogP contribution in [0.1, 0.15) is 73.6 Å². The Kier molecular flexibility index (Phi) is 16.2. The highest BCUT2D eigenvalue weighted by Gasteiger charge is 2.34. The number of carboxylic acids is 2. The fourth-order valence-electron chi connectivity index (χ4n) is 3.81. The average Bonchev–Trinajstić information content (AvgIpc) is 2.86. The molecule has 0 aliphatic carbocycles. The largest absolute Gasteiger partial charge is 0.481 e. The first-order valence-electron chi connectivity index (χ1n) is 13.6. The van der Waals surface area contributed by atoms with Gasteiger partial charge in [0.1, 0.15) is 24.2 Å². The predicted octanol–water partition coefficient (Wildman–Crippen LogP) is -1.17. The number of nitrogens with one attached hydrogen (secondary N) is 4. The van der Waals surface area contributed by atoms with Crippen LogP contribution < -0.4 is 32.7 Å². The van der Waals surface area contributed by atoms with E-state index in [4.69, 9.17) is 16.6 Å². The van der Waals surface area contributed by atoms with Crippen LogP contribution in [0.5, 0.6) is 0 Å². The first-order valence-corrected chi connectivity index (χ1v) is 13.6. The Morgan fingerprint density at radius 2 is 1.22 bits per heavy atom. The van der Waals surface area contributed by atoms with E-state index in [1.807, 2.05) is 0 Å². The van der Waals surface area contributed by atoms with Crippen molar-refractivity contribution in [3.8, 4) is 0 Å². The normalized spacial score (nSPS) is 15.5. The Morgan fingerprint density at radius 1 is 0.707 bits per heavy atom. The minimum absolute atomic E-state index is 0.105. The third-order valence-electron chi connectivity index (χ3n) is 6.42. The topological polar surface area (TPSA) is 260 Å². The van der Waals surface area contributed by atoms with Gasteiger partial charge in [0.2, 0.25) is 29.5 Å². The molecule has 0 heterocycles. The zero-order valence-corrected chi connectivity index (χ0v) is 24.6. The van der Waals surface area contributed by atoms with Gasteiger partial charge in [-0.15, -0.1) is 0 Å². The Morgan fingerprint density at radius 3 is 1.66 bits per heavy atom. The van der Waals surface area contributed by atoms with Gasteiger partial charge >= 0.3 is 11.9 Å². The van der Waals surface area contributed by atoms with Crippen LogP contribution >= 0.6 is 0 Å². The van der Waals surface area contributed by atoms with Crippen LogP contribution in [0.2, 0.25) is 0 Å². The lowest BCUT2D eigenvalue weighted by Gasteiger charge is -2.29. The van der Waals surface area contributed by atoms with E-state index in [2.05, 4.69) is 21.3 Å². The summed E-state index contributed by atoms with van der Waals surface area (Å²) >= 11 is 0. The second-order valence-corrected chi connectivity index (χ2v) is 10.9. The number of carbonyl (C=O) groups excluding carboxylic acids is 5. The van der Waals surface area contributed by atoms with Gasteiger partial charge in [0.25, 0.3) is 0 Å². The smallest absolute Gasteiger partial charge is 0.305 e. The van der Waals surface area contributed by atoms with Crippen LogP contribution in [0.15, 0.2) is 0 Å². The highest BCUT2D eigenvalue weighted by molar-refractivity contribution is 5.97. The molecule has 0 unspecified atom stereocenters. The molecule has 0 saturated heterocycles. The summed E-state index contributed by atoms with van der Waals surface area (Å²) in [5.41, 5.74) is 11.1. The molecule has 0 spiro atoms. The molecule has 0 aromatic rings. The van der Waals surface area contributed by atoms with Crippen LogP contribution in [0.4, 0.5) is 0 Å². The van der Waals surface area contributed by atoms with Gasteiger partial charge in [0.15, 0.2) is 0 Å². The summed E-state index contributed by atoms with van der Waals surface area (Å²) in [6, 6.07) is -6.20. The number of rotatable bonds is 19. The molecular formula is C26H46N6O9. The van der Waals surface area contributed by atoms with Crippen LogP contribution in [-0.2, 0) is 33.6 Å². The third kappa shape index (κ3) is 13.9. The van der Waals surface area contributed by atoms with E-state index in [1.54, 1.807) is 41.5 Å². The summed E-state index contributed by atoms with van der Waals surface area (Å²) in [5.74, 6) is -7.52. The summed E-state index contributed by atoms with van der Waals surface area (Å²) in [6.07, 6.45) is -0.721. The Labute approximate surface area is 239 Å². The number of primary amides is 1. The highest BCUT2D eigenvalue weighted by atomic mass is 16.4. The van der Waals surface area contributed by atoms with Crippen molar-refractivity contribution in [2.24, 2.45) is 29.2 Å². The Hall–Kier alpha value is -3.75. The monoisotopic (exact) mass is 586 g/mol. The summed E-state index contributed by atoms with van der Waals surface area (Å²) in [7, 11) is 0. The average molecular weight is 587 g/mol. The molecule has 0 radical (unpaired) electrons. The molecule has 234 valence electrons. The number of aliphatic carboxylic acids is 2. The second kappa shape index (κ2) is 17.8. The number of amides is 5. The Bertz CT molecular complexity index is 956. The van der Waals surface area contributed by atoms with Gasteiger partial charge in [0, 0.05) is 6.42 Å². The van der Waals surface area contributed by atoms with Gasteiger partial charge in [-0.25, -0.2) is 0 Å². The van der Waals surface area contributed by atoms with Gasteiger partial charge in [0.05, 0.1) is 12.5 Å². The van der Waals surface area contributed by atoms with Crippen molar-refractivity contribution in [2.75, 3.05) is 0 Å². The van der Waals surface area contributed by atoms with Gasteiger partial charge in [-0.3, -0.25) is 33.6 Å². The number of carbonyl (C=O) groups is 7. The molecule has 10 N–H and O–H groups in total. The van der Waals surface area contributed by atoms with Crippen molar-refractivity contribution in [1.29, 1.82) is 0 Å². The molecule has 41 heavy (non-hydrogen) atoms. The first kappa shape index (κ1) is 37.2. The van der Waals surface area contributed by atoms with Gasteiger partial charge in [-0.05, 0) is 30.6 Å². The lowest BCUT2D eigenvalue weighted by molar-refractivity contribution is -0.141. The number of carboxylic acid groups (broad SMARTS) is 2. The molecule has 0 aromatic carbocycles. The molecule has 0 rings (SSSR count). The molecule has 0 fully saturated rings. The van der Waals surface area contributed by atoms with Gasteiger partial charge in [-0.1, -0.05) is 48.0 Å².